The second kappa shape index (κ2) is 11.3. The zero-order valence-electron chi connectivity index (χ0n) is 13.1. The molecule has 114 valence electrons. The first-order valence-corrected chi connectivity index (χ1v) is 9.02. The standard InChI is InChI=1S/C18H30BrN/c1-3-4-5-6-7-8-9-12-15-20-16(2)17-13-10-11-14-18(17)19/h10-11,13-14,16,20H,3-9,12,15H2,1-2H3/t16-/m1/s1. The van der Waals surface area contributed by atoms with Gasteiger partial charge in [0.1, 0.15) is 0 Å². The summed E-state index contributed by atoms with van der Waals surface area (Å²) in [4.78, 5) is 0. The first-order valence-electron chi connectivity index (χ1n) is 8.23. The molecule has 0 radical (unpaired) electrons. The Hall–Kier alpha value is -0.340. The molecule has 1 aromatic carbocycles. The lowest BCUT2D eigenvalue weighted by atomic mass is 10.1. The molecule has 1 atom stereocenters. The van der Waals surface area contributed by atoms with Crippen LogP contribution < -0.4 is 5.32 Å². The molecule has 0 saturated heterocycles. The summed E-state index contributed by atoms with van der Waals surface area (Å²) in [5.41, 5.74) is 1.35. The zero-order chi connectivity index (χ0) is 14.6. The van der Waals surface area contributed by atoms with E-state index in [1.807, 2.05) is 0 Å². The van der Waals surface area contributed by atoms with Crippen LogP contribution >= 0.6 is 15.9 Å². The van der Waals surface area contributed by atoms with Crippen molar-refractivity contribution in [3.05, 3.63) is 34.3 Å². The Kier molecular flexibility index (Phi) is 10.0. The molecule has 1 aromatic rings. The zero-order valence-corrected chi connectivity index (χ0v) is 14.7. The molecule has 0 aliphatic carbocycles. The van der Waals surface area contributed by atoms with Gasteiger partial charge in [-0.15, -0.1) is 0 Å². The van der Waals surface area contributed by atoms with Gasteiger partial charge in [-0.1, -0.05) is 86.0 Å². The lowest BCUT2D eigenvalue weighted by Gasteiger charge is -2.15. The third-order valence-corrected chi connectivity index (χ3v) is 4.57. The van der Waals surface area contributed by atoms with E-state index in [2.05, 4.69) is 59.4 Å². The van der Waals surface area contributed by atoms with Gasteiger partial charge in [0.15, 0.2) is 0 Å². The van der Waals surface area contributed by atoms with Crippen LogP contribution in [0, 0.1) is 0 Å². The van der Waals surface area contributed by atoms with Crippen LogP contribution in [0.15, 0.2) is 28.7 Å². The van der Waals surface area contributed by atoms with E-state index in [0.29, 0.717) is 6.04 Å². The first kappa shape index (κ1) is 17.7. The Morgan fingerprint density at radius 3 is 2.20 bits per heavy atom. The minimum absolute atomic E-state index is 0.426. The lowest BCUT2D eigenvalue weighted by Crippen LogP contribution is -2.20. The minimum Gasteiger partial charge on any atom is -0.310 e. The maximum atomic E-state index is 3.62. The van der Waals surface area contributed by atoms with E-state index >= 15 is 0 Å². The monoisotopic (exact) mass is 339 g/mol. The smallest absolute Gasteiger partial charge is 0.0302 e. The molecule has 0 aliphatic heterocycles. The van der Waals surface area contributed by atoms with E-state index in [4.69, 9.17) is 0 Å². The molecule has 1 N–H and O–H groups in total. The number of hydrogen-bond acceptors (Lipinski definition) is 1. The van der Waals surface area contributed by atoms with Gasteiger partial charge in [-0.3, -0.25) is 0 Å². The van der Waals surface area contributed by atoms with Gasteiger partial charge in [0.25, 0.3) is 0 Å². The third kappa shape index (κ3) is 7.44. The maximum absolute atomic E-state index is 3.62. The van der Waals surface area contributed by atoms with Crippen LogP contribution in [-0.4, -0.2) is 6.54 Å². The van der Waals surface area contributed by atoms with Crippen molar-refractivity contribution in [3.63, 3.8) is 0 Å². The van der Waals surface area contributed by atoms with Gasteiger partial charge in [0.2, 0.25) is 0 Å². The molecule has 0 aliphatic rings. The average Bonchev–Trinajstić information content (AvgIpc) is 2.46. The summed E-state index contributed by atoms with van der Waals surface area (Å²) >= 11 is 3.62. The second-order valence-electron chi connectivity index (χ2n) is 5.67. The fourth-order valence-corrected chi connectivity index (χ4v) is 3.14. The molecule has 0 bridgehead atoms. The van der Waals surface area contributed by atoms with E-state index in [0.717, 1.165) is 6.54 Å². The summed E-state index contributed by atoms with van der Waals surface area (Å²) in [5.74, 6) is 0. The third-order valence-electron chi connectivity index (χ3n) is 3.85. The number of benzene rings is 1. The van der Waals surface area contributed by atoms with Crippen molar-refractivity contribution in [2.75, 3.05) is 6.54 Å². The molecular formula is C18H30BrN. The van der Waals surface area contributed by atoms with Crippen molar-refractivity contribution in [1.82, 2.24) is 5.32 Å². The van der Waals surface area contributed by atoms with Crippen LogP contribution in [0.5, 0.6) is 0 Å². The van der Waals surface area contributed by atoms with E-state index < -0.39 is 0 Å². The number of rotatable bonds is 11. The largest absolute Gasteiger partial charge is 0.310 e. The number of nitrogens with one attached hydrogen (secondary N) is 1. The summed E-state index contributed by atoms with van der Waals surface area (Å²) in [7, 11) is 0. The predicted molar refractivity (Wildman–Crippen MR) is 93.2 cm³/mol. The van der Waals surface area contributed by atoms with Crippen molar-refractivity contribution in [3.8, 4) is 0 Å². The average molecular weight is 340 g/mol. The molecule has 0 fully saturated rings. The highest BCUT2D eigenvalue weighted by atomic mass is 79.9. The molecule has 1 rings (SSSR count). The van der Waals surface area contributed by atoms with Crippen LogP contribution in [0.3, 0.4) is 0 Å². The van der Waals surface area contributed by atoms with Gasteiger partial charge < -0.3 is 5.32 Å². The van der Waals surface area contributed by atoms with Crippen LogP contribution in [-0.2, 0) is 0 Å². The Balaban J connectivity index is 2.03. The quantitative estimate of drug-likeness (QED) is 0.470. The van der Waals surface area contributed by atoms with Gasteiger partial charge in [0.05, 0.1) is 0 Å². The Labute approximate surface area is 133 Å². The van der Waals surface area contributed by atoms with E-state index in [-0.39, 0.29) is 0 Å². The molecule has 0 saturated carbocycles. The SMILES string of the molecule is CCCCCCCCCCN[C@H](C)c1ccccc1Br. The molecular weight excluding hydrogens is 310 g/mol. The van der Waals surface area contributed by atoms with Gasteiger partial charge >= 0.3 is 0 Å². The van der Waals surface area contributed by atoms with Crippen molar-refractivity contribution >= 4 is 15.9 Å². The van der Waals surface area contributed by atoms with Gasteiger partial charge in [-0.25, -0.2) is 0 Å². The van der Waals surface area contributed by atoms with Gasteiger partial charge in [0, 0.05) is 10.5 Å². The van der Waals surface area contributed by atoms with E-state index in [1.165, 1.54) is 61.4 Å². The van der Waals surface area contributed by atoms with Crippen LogP contribution in [0.4, 0.5) is 0 Å². The summed E-state index contributed by atoms with van der Waals surface area (Å²) in [6, 6.07) is 8.90. The molecule has 0 unspecified atom stereocenters. The van der Waals surface area contributed by atoms with E-state index in [9.17, 15) is 0 Å². The molecule has 0 aromatic heterocycles. The molecule has 2 heteroatoms. The topological polar surface area (TPSA) is 12.0 Å². The van der Waals surface area contributed by atoms with Crippen molar-refractivity contribution in [2.24, 2.45) is 0 Å². The summed E-state index contributed by atoms with van der Waals surface area (Å²) in [5, 5.41) is 3.62. The highest BCUT2D eigenvalue weighted by Gasteiger charge is 2.07. The molecule has 20 heavy (non-hydrogen) atoms. The van der Waals surface area contributed by atoms with Crippen LogP contribution in [0.1, 0.15) is 76.8 Å². The molecule has 0 spiro atoms. The fourth-order valence-electron chi connectivity index (χ4n) is 2.51. The number of unbranched alkanes of at least 4 members (excludes halogenated alkanes) is 7. The number of hydrogen-bond donors (Lipinski definition) is 1. The summed E-state index contributed by atoms with van der Waals surface area (Å²) < 4.78 is 1.20. The summed E-state index contributed by atoms with van der Waals surface area (Å²) in [6.45, 7) is 5.64. The highest BCUT2D eigenvalue weighted by molar-refractivity contribution is 9.10. The Morgan fingerprint density at radius 2 is 1.55 bits per heavy atom. The molecule has 1 nitrogen and oxygen atoms in total. The minimum atomic E-state index is 0.426. The van der Waals surface area contributed by atoms with Crippen LogP contribution in [0.25, 0.3) is 0 Å². The van der Waals surface area contributed by atoms with Crippen molar-refractivity contribution in [2.45, 2.75) is 71.3 Å². The molecule has 0 heterocycles. The Bertz CT molecular complexity index is 351. The van der Waals surface area contributed by atoms with Crippen LogP contribution in [0.2, 0.25) is 0 Å². The van der Waals surface area contributed by atoms with Gasteiger partial charge in [-0.2, -0.15) is 0 Å². The summed E-state index contributed by atoms with van der Waals surface area (Å²) in [6.07, 6.45) is 11.1. The number of halogens is 1. The second-order valence-corrected chi connectivity index (χ2v) is 6.53. The van der Waals surface area contributed by atoms with E-state index in [1.54, 1.807) is 0 Å². The fraction of sp³-hybridized carbons (Fsp3) is 0.667. The van der Waals surface area contributed by atoms with Gasteiger partial charge in [-0.05, 0) is 31.5 Å². The highest BCUT2D eigenvalue weighted by Crippen LogP contribution is 2.22. The first-order chi connectivity index (χ1) is 9.75. The Morgan fingerprint density at radius 1 is 0.950 bits per heavy atom. The maximum Gasteiger partial charge on any atom is 0.0302 e. The lowest BCUT2D eigenvalue weighted by molar-refractivity contribution is 0.521. The normalized spacial score (nSPS) is 12.6. The van der Waals surface area contributed by atoms with Crippen molar-refractivity contribution < 1.29 is 0 Å². The predicted octanol–water partition coefficient (Wildman–Crippen LogP) is 6.24. The molecule has 0 amide bonds. The van der Waals surface area contributed by atoms with Crippen molar-refractivity contribution in [1.29, 1.82) is 0 Å².